The number of hydrogen-bond acceptors (Lipinski definition) is 11. The van der Waals surface area contributed by atoms with Gasteiger partial charge in [-0.05, 0) is 66.8 Å². The van der Waals surface area contributed by atoms with Crippen LogP contribution in [0.5, 0.6) is 17.4 Å². The molecule has 52 heavy (non-hydrogen) atoms. The second-order valence-electron chi connectivity index (χ2n) is 13.3. The van der Waals surface area contributed by atoms with E-state index in [1.807, 2.05) is 18.2 Å². The first-order valence-corrected chi connectivity index (χ1v) is 18.6. The van der Waals surface area contributed by atoms with Crippen LogP contribution >= 0.6 is 0 Å². The number of piperidine rings is 1. The third-order valence-corrected chi connectivity index (χ3v) is 11.5. The molecule has 3 aliphatic rings. The van der Waals surface area contributed by atoms with E-state index in [-0.39, 0.29) is 46.7 Å². The molecule has 0 unspecified atom stereocenters. The van der Waals surface area contributed by atoms with Crippen molar-refractivity contribution in [1.29, 1.82) is 0 Å². The topological polar surface area (TPSA) is 155 Å². The lowest BCUT2D eigenvalue weighted by Gasteiger charge is -2.41. The molecule has 2 N–H and O–H groups in total. The zero-order valence-electron chi connectivity index (χ0n) is 28.0. The van der Waals surface area contributed by atoms with Gasteiger partial charge in [-0.15, -0.1) is 0 Å². The van der Waals surface area contributed by atoms with Crippen molar-refractivity contribution in [2.45, 2.75) is 38.3 Å². The molecule has 5 aromatic rings. The fraction of sp³-hybridized carbons (Fsp3) is 0.270. The van der Waals surface area contributed by atoms with Crippen LogP contribution in [0.15, 0.2) is 73.1 Å². The third-order valence-electron chi connectivity index (χ3n) is 9.76. The number of benzene rings is 2. The number of allylic oxidation sites excluding steroid dienone is 1. The van der Waals surface area contributed by atoms with Crippen LogP contribution in [0.25, 0.3) is 22.9 Å². The van der Waals surface area contributed by atoms with E-state index in [0.29, 0.717) is 29.0 Å². The van der Waals surface area contributed by atoms with E-state index >= 15 is 0 Å². The SMILES string of the molecule is Cc1cc(Oc2c(F)cccc2F)ncc1-n1ncc(C(=O)C2=Cc3cc(OC4CCN(C5CS(=O)(=O)C5)CC4)c(-c4cncnc4)cc3C2)c1N. The van der Waals surface area contributed by atoms with Crippen LogP contribution in [0.3, 0.4) is 0 Å². The summed E-state index contributed by atoms with van der Waals surface area (Å²) in [4.78, 5) is 28.7. The number of pyridine rings is 1. The number of sulfone groups is 1. The fourth-order valence-corrected chi connectivity index (χ4v) is 8.44. The summed E-state index contributed by atoms with van der Waals surface area (Å²) in [6.07, 6.45) is 11.4. The number of nitrogen functional groups attached to an aromatic ring is 1. The van der Waals surface area contributed by atoms with E-state index in [0.717, 1.165) is 60.3 Å². The van der Waals surface area contributed by atoms with Crippen molar-refractivity contribution in [1.82, 2.24) is 29.6 Å². The monoisotopic (exact) mass is 725 g/mol. The van der Waals surface area contributed by atoms with Crippen molar-refractivity contribution in [3.05, 3.63) is 107 Å². The number of likely N-dealkylation sites (tertiary alicyclic amines) is 1. The number of hydrogen-bond donors (Lipinski definition) is 1. The number of Topliss-reactive ketones (excluding diaryl/α,β-unsaturated/α-hetero) is 1. The largest absolute Gasteiger partial charge is 0.490 e. The Balaban J connectivity index is 1.01. The average Bonchev–Trinajstić information content (AvgIpc) is 3.72. The van der Waals surface area contributed by atoms with Crippen LogP contribution in [-0.2, 0) is 16.3 Å². The lowest BCUT2D eigenvalue weighted by molar-refractivity contribution is 0.0827. The van der Waals surface area contributed by atoms with E-state index in [9.17, 15) is 22.0 Å². The van der Waals surface area contributed by atoms with Gasteiger partial charge in [0.1, 0.15) is 24.0 Å². The first-order chi connectivity index (χ1) is 25.0. The highest BCUT2D eigenvalue weighted by atomic mass is 32.2. The van der Waals surface area contributed by atoms with Crippen LogP contribution in [0.4, 0.5) is 14.6 Å². The summed E-state index contributed by atoms with van der Waals surface area (Å²) >= 11 is 0. The molecule has 5 heterocycles. The van der Waals surface area contributed by atoms with Crippen LogP contribution in [0, 0.1) is 18.6 Å². The maximum absolute atomic E-state index is 14.1. The molecule has 2 fully saturated rings. The summed E-state index contributed by atoms with van der Waals surface area (Å²) in [5.74, 6) is -1.37. The molecular formula is C37H33F2N7O5S. The third kappa shape index (κ3) is 6.41. The Morgan fingerprint density at radius 2 is 1.73 bits per heavy atom. The molecule has 12 nitrogen and oxygen atoms in total. The fourth-order valence-electron chi connectivity index (χ4n) is 6.95. The van der Waals surface area contributed by atoms with Crippen molar-refractivity contribution < 1.29 is 31.5 Å². The number of ether oxygens (including phenoxy) is 2. The second-order valence-corrected chi connectivity index (χ2v) is 15.4. The highest BCUT2D eigenvalue weighted by molar-refractivity contribution is 7.92. The number of halogens is 2. The van der Waals surface area contributed by atoms with Crippen molar-refractivity contribution in [2.24, 2.45) is 0 Å². The van der Waals surface area contributed by atoms with Crippen molar-refractivity contribution in [2.75, 3.05) is 30.3 Å². The molecule has 1 aliphatic carbocycles. The number of anilines is 1. The maximum atomic E-state index is 14.1. The molecule has 3 aromatic heterocycles. The van der Waals surface area contributed by atoms with Crippen LogP contribution in [-0.4, -0.2) is 80.6 Å². The lowest BCUT2D eigenvalue weighted by Crippen LogP contribution is -2.56. The number of fused-ring (bicyclic) bond motifs is 1. The van der Waals surface area contributed by atoms with Crippen LogP contribution in [0.1, 0.15) is 39.9 Å². The molecule has 0 spiro atoms. The molecule has 266 valence electrons. The van der Waals surface area contributed by atoms with Gasteiger partial charge in [-0.25, -0.2) is 36.8 Å². The number of ketones is 1. The second kappa shape index (κ2) is 13.2. The molecule has 2 aromatic carbocycles. The van der Waals surface area contributed by atoms with Crippen LogP contribution < -0.4 is 15.2 Å². The van der Waals surface area contributed by atoms with E-state index in [1.54, 1.807) is 19.3 Å². The Morgan fingerprint density at radius 3 is 2.42 bits per heavy atom. The van der Waals surface area contributed by atoms with Gasteiger partial charge in [0.15, 0.2) is 27.3 Å². The molecule has 0 radical (unpaired) electrons. The first-order valence-electron chi connectivity index (χ1n) is 16.7. The summed E-state index contributed by atoms with van der Waals surface area (Å²) in [6.45, 7) is 3.25. The van der Waals surface area contributed by atoms with E-state index < -0.39 is 27.2 Å². The number of aryl methyl sites for hydroxylation is 1. The molecule has 2 aliphatic heterocycles. The Morgan fingerprint density at radius 1 is 1.00 bits per heavy atom. The summed E-state index contributed by atoms with van der Waals surface area (Å²) in [5.41, 5.74) is 11.7. The molecule has 2 saturated heterocycles. The van der Waals surface area contributed by atoms with Gasteiger partial charge in [0.05, 0.1) is 35.2 Å². The standard InChI is InChI=1S/C37H33F2N7O5S/c1-21-9-34(51-36-30(38)3-2-4-31(36)39)43-17-32(21)46-37(40)29(16-44-46)35(47)24-10-22-12-28(25-14-41-20-42-15-25)33(13-23(22)11-24)50-27-5-7-45(8-6-27)26-18-52(48,49)19-26/h2-4,9,11-17,20,26-27H,5-8,10,18-19,40H2,1H3. The number of nitrogens with zero attached hydrogens (tertiary/aromatic N) is 6. The zero-order chi connectivity index (χ0) is 36.1. The van der Waals surface area contributed by atoms with Gasteiger partial charge in [0, 0.05) is 60.7 Å². The van der Waals surface area contributed by atoms with Crippen LogP contribution in [0.2, 0.25) is 0 Å². The van der Waals surface area contributed by atoms with Crippen molar-refractivity contribution in [3.63, 3.8) is 0 Å². The van der Waals surface area contributed by atoms with Gasteiger partial charge < -0.3 is 15.2 Å². The number of para-hydroxylation sites is 1. The Kier molecular flexibility index (Phi) is 8.54. The van der Waals surface area contributed by atoms with Gasteiger partial charge in [0.2, 0.25) is 11.6 Å². The Hall–Kier alpha value is -5.54. The first kappa shape index (κ1) is 33.6. The lowest BCUT2D eigenvalue weighted by atomic mass is 9.99. The minimum atomic E-state index is -2.89. The number of aromatic nitrogens is 5. The Bertz CT molecular complexity index is 2330. The van der Waals surface area contributed by atoms with Crippen molar-refractivity contribution >= 4 is 27.5 Å². The van der Waals surface area contributed by atoms with E-state index in [2.05, 4.69) is 25.0 Å². The average molecular weight is 726 g/mol. The number of nitrogens with two attached hydrogens (primary N) is 1. The smallest absolute Gasteiger partial charge is 0.219 e. The molecule has 0 saturated carbocycles. The molecule has 0 amide bonds. The predicted molar refractivity (Wildman–Crippen MR) is 188 cm³/mol. The number of rotatable bonds is 9. The quantitative estimate of drug-likeness (QED) is 0.201. The normalized spacial score (nSPS) is 17.3. The molecule has 0 atom stereocenters. The highest BCUT2D eigenvalue weighted by Crippen LogP contribution is 2.39. The van der Waals surface area contributed by atoms with E-state index in [4.69, 9.17) is 15.2 Å². The summed E-state index contributed by atoms with van der Waals surface area (Å²) < 4.78 is 65.0. The summed E-state index contributed by atoms with van der Waals surface area (Å²) in [5, 5.41) is 4.37. The summed E-state index contributed by atoms with van der Waals surface area (Å²) in [7, 11) is -2.89. The zero-order valence-corrected chi connectivity index (χ0v) is 28.8. The minimum absolute atomic E-state index is 0.0253. The van der Waals surface area contributed by atoms with Gasteiger partial charge in [-0.3, -0.25) is 9.69 Å². The molecular weight excluding hydrogens is 693 g/mol. The molecule has 0 bridgehead atoms. The van der Waals surface area contributed by atoms with Gasteiger partial charge in [0.25, 0.3) is 0 Å². The minimum Gasteiger partial charge on any atom is -0.490 e. The predicted octanol–water partition coefficient (Wildman–Crippen LogP) is 5.15. The van der Waals surface area contributed by atoms with Gasteiger partial charge >= 0.3 is 0 Å². The molecule has 8 rings (SSSR count). The maximum Gasteiger partial charge on any atom is 0.219 e. The number of carbonyl (C=O) groups excluding carboxylic acids is 1. The highest BCUT2D eigenvalue weighted by Gasteiger charge is 2.39. The van der Waals surface area contributed by atoms with Gasteiger partial charge in [-0.1, -0.05) is 6.07 Å². The van der Waals surface area contributed by atoms with Gasteiger partial charge in [-0.2, -0.15) is 5.10 Å². The van der Waals surface area contributed by atoms with E-state index in [1.165, 1.54) is 35.5 Å². The Labute approximate surface area is 297 Å². The number of carbonyl (C=O) groups is 1. The summed E-state index contributed by atoms with van der Waals surface area (Å²) in [6, 6.07) is 8.96. The molecule has 15 heteroatoms. The van der Waals surface area contributed by atoms with Crippen molar-refractivity contribution in [3.8, 4) is 34.2 Å².